The van der Waals surface area contributed by atoms with E-state index in [0.29, 0.717) is 22.8 Å². The van der Waals surface area contributed by atoms with Crippen LogP contribution in [-0.2, 0) is 23.6 Å². The topological polar surface area (TPSA) is 90.0 Å². The van der Waals surface area contributed by atoms with Gasteiger partial charge in [0.25, 0.3) is 0 Å². The van der Waals surface area contributed by atoms with Crippen LogP contribution < -0.4 is 4.72 Å². The summed E-state index contributed by atoms with van der Waals surface area (Å²) in [7, 11) is -1.96. The maximum atomic E-state index is 12.7. The lowest BCUT2D eigenvalue weighted by molar-refractivity contribution is 0.574. The number of pyridine rings is 1. The summed E-state index contributed by atoms with van der Waals surface area (Å²) in [5, 5.41) is 4.16. The average Bonchev–Trinajstić information content (AvgIpc) is 3.15. The highest BCUT2D eigenvalue weighted by Gasteiger charge is 2.24. The van der Waals surface area contributed by atoms with E-state index in [4.69, 9.17) is 4.42 Å². The van der Waals surface area contributed by atoms with Gasteiger partial charge in [-0.25, -0.2) is 13.1 Å². The highest BCUT2D eigenvalue weighted by molar-refractivity contribution is 7.89. The molecule has 0 aliphatic heterocycles. The van der Waals surface area contributed by atoms with E-state index in [-0.39, 0.29) is 11.4 Å². The van der Waals surface area contributed by atoms with Gasteiger partial charge in [-0.05, 0) is 37.6 Å². The fourth-order valence-electron chi connectivity index (χ4n) is 2.60. The van der Waals surface area contributed by atoms with E-state index in [0.717, 1.165) is 5.56 Å². The predicted octanol–water partition coefficient (Wildman–Crippen LogP) is 2.17. The maximum Gasteiger partial charge on any atom is 0.244 e. The van der Waals surface area contributed by atoms with Crippen LogP contribution in [0, 0.1) is 13.8 Å². The molecule has 3 heterocycles. The Bertz CT molecular complexity index is 959. The number of aryl methyl sites for hydroxylation is 2. The third kappa shape index (κ3) is 2.98. The van der Waals surface area contributed by atoms with Gasteiger partial charge < -0.3 is 4.42 Å². The van der Waals surface area contributed by atoms with Crippen LogP contribution in [0.15, 0.2) is 46.0 Å². The van der Waals surface area contributed by atoms with Crippen LogP contribution in [0.25, 0.3) is 11.5 Å². The Morgan fingerprint density at radius 3 is 2.67 bits per heavy atom. The second-order valence-electron chi connectivity index (χ2n) is 5.44. The van der Waals surface area contributed by atoms with Gasteiger partial charge >= 0.3 is 0 Å². The maximum absolute atomic E-state index is 12.7. The number of nitrogens with zero attached hydrogens (tertiary/aromatic N) is 3. The Kier molecular flexibility index (Phi) is 4.25. The van der Waals surface area contributed by atoms with Gasteiger partial charge in [0.2, 0.25) is 10.0 Å². The number of nitrogens with one attached hydrogen (secondary N) is 1. The van der Waals surface area contributed by atoms with Crippen LogP contribution in [0.5, 0.6) is 0 Å². The van der Waals surface area contributed by atoms with Gasteiger partial charge in [0, 0.05) is 19.8 Å². The zero-order valence-electron chi connectivity index (χ0n) is 13.6. The molecule has 1 N–H and O–H groups in total. The van der Waals surface area contributed by atoms with Crippen molar-refractivity contribution in [3.05, 3.63) is 53.7 Å². The van der Waals surface area contributed by atoms with E-state index < -0.39 is 10.0 Å². The van der Waals surface area contributed by atoms with Crippen molar-refractivity contribution in [2.45, 2.75) is 25.3 Å². The largest absolute Gasteiger partial charge is 0.463 e. The lowest BCUT2D eigenvalue weighted by Crippen LogP contribution is -2.24. The summed E-state index contributed by atoms with van der Waals surface area (Å²) < 4.78 is 34.8. The summed E-state index contributed by atoms with van der Waals surface area (Å²) in [5.74, 6) is 0.596. The smallest absolute Gasteiger partial charge is 0.244 e. The molecule has 126 valence electrons. The third-order valence-corrected chi connectivity index (χ3v) is 5.46. The number of hydrogen-bond donors (Lipinski definition) is 1. The molecule has 3 rings (SSSR count). The summed E-state index contributed by atoms with van der Waals surface area (Å²) >= 11 is 0. The first kappa shape index (κ1) is 16.4. The summed E-state index contributed by atoms with van der Waals surface area (Å²) in [6.07, 6.45) is 3.20. The second-order valence-corrected chi connectivity index (χ2v) is 7.14. The number of rotatable bonds is 5. The van der Waals surface area contributed by atoms with Crippen molar-refractivity contribution in [1.82, 2.24) is 19.5 Å². The molecule has 0 saturated carbocycles. The Hall–Kier alpha value is -2.45. The van der Waals surface area contributed by atoms with Crippen LogP contribution in [0.3, 0.4) is 0 Å². The van der Waals surface area contributed by atoms with Crippen molar-refractivity contribution in [1.29, 1.82) is 0 Å². The van der Waals surface area contributed by atoms with Crippen LogP contribution in [0.1, 0.15) is 17.0 Å². The number of sulfonamides is 1. The molecule has 0 unspecified atom stereocenters. The van der Waals surface area contributed by atoms with E-state index in [1.54, 1.807) is 56.2 Å². The molecule has 0 aromatic carbocycles. The molecule has 0 amide bonds. The highest BCUT2D eigenvalue weighted by Crippen LogP contribution is 2.23. The van der Waals surface area contributed by atoms with E-state index in [1.807, 2.05) is 6.07 Å². The van der Waals surface area contributed by atoms with Crippen molar-refractivity contribution < 1.29 is 12.8 Å². The minimum atomic E-state index is -3.68. The van der Waals surface area contributed by atoms with Gasteiger partial charge in [-0.2, -0.15) is 5.10 Å². The molecule has 0 saturated heterocycles. The van der Waals surface area contributed by atoms with Crippen molar-refractivity contribution in [3.63, 3.8) is 0 Å². The van der Waals surface area contributed by atoms with Crippen molar-refractivity contribution in [3.8, 4) is 11.5 Å². The first-order valence-electron chi connectivity index (χ1n) is 7.38. The molecule has 0 atom stereocenters. The normalized spacial score (nSPS) is 11.8. The summed E-state index contributed by atoms with van der Waals surface area (Å²) in [6.45, 7) is 3.52. The zero-order chi connectivity index (χ0) is 17.3. The van der Waals surface area contributed by atoms with Crippen molar-refractivity contribution in [2.24, 2.45) is 7.05 Å². The lowest BCUT2D eigenvalue weighted by atomic mass is 10.1. The summed E-state index contributed by atoms with van der Waals surface area (Å²) in [5.41, 5.74) is 2.41. The van der Waals surface area contributed by atoms with Crippen LogP contribution in [-0.4, -0.2) is 23.2 Å². The summed E-state index contributed by atoms with van der Waals surface area (Å²) in [4.78, 5) is 4.50. The highest BCUT2D eigenvalue weighted by atomic mass is 32.2. The first-order valence-corrected chi connectivity index (χ1v) is 8.86. The minimum Gasteiger partial charge on any atom is -0.463 e. The van der Waals surface area contributed by atoms with Gasteiger partial charge in [-0.1, -0.05) is 6.07 Å². The van der Waals surface area contributed by atoms with Gasteiger partial charge in [-0.15, -0.1) is 0 Å². The Balaban J connectivity index is 1.89. The molecule has 7 nitrogen and oxygen atoms in total. The molecule has 24 heavy (non-hydrogen) atoms. The van der Waals surface area contributed by atoms with Gasteiger partial charge in [0.15, 0.2) is 5.76 Å². The molecule has 0 aliphatic carbocycles. The predicted molar refractivity (Wildman–Crippen MR) is 88.6 cm³/mol. The average molecular weight is 346 g/mol. The molecule has 0 aliphatic rings. The fourth-order valence-corrected chi connectivity index (χ4v) is 4.05. The minimum absolute atomic E-state index is 0.111. The van der Waals surface area contributed by atoms with E-state index in [2.05, 4.69) is 14.8 Å². The van der Waals surface area contributed by atoms with Gasteiger partial charge in [0.1, 0.15) is 10.6 Å². The number of furan rings is 1. The van der Waals surface area contributed by atoms with E-state index in [1.165, 1.54) is 0 Å². The Morgan fingerprint density at radius 2 is 2.04 bits per heavy atom. The fraction of sp³-hybridized carbons (Fsp3) is 0.250. The first-order chi connectivity index (χ1) is 11.4. The zero-order valence-corrected chi connectivity index (χ0v) is 14.5. The van der Waals surface area contributed by atoms with Crippen LogP contribution in [0.4, 0.5) is 0 Å². The summed E-state index contributed by atoms with van der Waals surface area (Å²) in [6, 6.07) is 7.13. The lowest BCUT2D eigenvalue weighted by Gasteiger charge is -2.09. The molecule has 8 heteroatoms. The third-order valence-electron chi connectivity index (χ3n) is 3.81. The van der Waals surface area contributed by atoms with Gasteiger partial charge in [-0.3, -0.25) is 9.67 Å². The standard InChI is InChI=1S/C16H18N4O3S/c1-11-16(12(2)20(3)19-11)24(21,22)18-10-13-6-4-8-17-15(13)14-7-5-9-23-14/h4-9,18H,10H2,1-3H3. The molecule has 0 spiro atoms. The second kappa shape index (κ2) is 6.21. The van der Waals surface area contributed by atoms with Crippen molar-refractivity contribution >= 4 is 10.0 Å². The molecular formula is C16H18N4O3S. The van der Waals surface area contributed by atoms with Crippen molar-refractivity contribution in [2.75, 3.05) is 0 Å². The molecule has 3 aromatic rings. The van der Waals surface area contributed by atoms with Crippen LogP contribution >= 0.6 is 0 Å². The monoisotopic (exact) mass is 346 g/mol. The molecule has 0 bridgehead atoms. The van der Waals surface area contributed by atoms with Crippen LogP contribution in [0.2, 0.25) is 0 Å². The number of aromatic nitrogens is 3. The quantitative estimate of drug-likeness (QED) is 0.765. The Labute approximate surface area is 140 Å². The van der Waals surface area contributed by atoms with Gasteiger partial charge in [0.05, 0.1) is 17.7 Å². The molecular weight excluding hydrogens is 328 g/mol. The van der Waals surface area contributed by atoms with E-state index in [9.17, 15) is 8.42 Å². The molecule has 3 aromatic heterocycles. The Morgan fingerprint density at radius 1 is 1.25 bits per heavy atom. The van der Waals surface area contributed by atoms with E-state index >= 15 is 0 Å². The number of hydrogen-bond acceptors (Lipinski definition) is 5. The molecule has 0 radical (unpaired) electrons. The SMILES string of the molecule is Cc1nn(C)c(C)c1S(=O)(=O)NCc1cccnc1-c1ccco1. The molecule has 0 fully saturated rings.